The number of hydrogen-bond acceptors (Lipinski definition) is 1. The molecule has 0 unspecified atom stereocenters. The summed E-state index contributed by atoms with van der Waals surface area (Å²) in [6.45, 7) is 60.6. The van der Waals surface area contributed by atoms with E-state index in [4.69, 9.17) is 4.74 Å². The molecule has 0 atom stereocenters. The van der Waals surface area contributed by atoms with Crippen LogP contribution in [0.4, 0.5) is 0 Å². The van der Waals surface area contributed by atoms with E-state index in [9.17, 15) is 0 Å². The molecule has 0 aromatic carbocycles. The summed E-state index contributed by atoms with van der Waals surface area (Å²) in [5.74, 6) is 0. The Morgan fingerprint density at radius 3 is 0.535 bits per heavy atom. The smallest absolute Gasteiger partial charge is 0.0466 e. The fourth-order valence-corrected chi connectivity index (χ4v) is 3.49. The molecule has 0 aromatic rings. The van der Waals surface area contributed by atoms with E-state index >= 15 is 0 Å². The van der Waals surface area contributed by atoms with Crippen molar-refractivity contribution in [3.05, 3.63) is 118 Å². The first-order valence-corrected chi connectivity index (χ1v) is 16.5. The van der Waals surface area contributed by atoms with E-state index in [1.165, 1.54) is 128 Å². The van der Waals surface area contributed by atoms with Crippen molar-refractivity contribution >= 4 is 0 Å². The highest BCUT2D eigenvalue weighted by molar-refractivity contribution is 4.49. The number of hydrogen-bond donors (Lipinski definition) is 0. The Bertz CT molecular complexity index is 276. The summed E-state index contributed by atoms with van der Waals surface area (Å²) in [6.07, 6.45) is 28.2. The molecule has 1 nitrogen and oxygen atoms in total. The van der Waals surface area contributed by atoms with E-state index in [1.54, 1.807) is 0 Å². The molecule has 0 radical (unpaired) electrons. The predicted octanol–water partition coefficient (Wildman–Crippen LogP) is 16.1. The van der Waals surface area contributed by atoms with Crippen molar-refractivity contribution in [2.75, 3.05) is 13.2 Å². The van der Waals surface area contributed by atoms with E-state index in [0.29, 0.717) is 0 Å². The molecule has 0 spiro atoms. The minimum Gasteiger partial charge on any atom is -0.381 e. The third kappa shape index (κ3) is 146. The molecule has 0 rings (SSSR count). The maximum atomic E-state index is 5.78. The van der Waals surface area contributed by atoms with Crippen molar-refractivity contribution in [3.63, 3.8) is 0 Å². The molecule has 0 amide bonds. The van der Waals surface area contributed by atoms with Gasteiger partial charge in [0.15, 0.2) is 0 Å². The minimum atomic E-state index is 0.994. The van der Waals surface area contributed by atoms with Gasteiger partial charge >= 0.3 is 0 Å². The highest BCUT2D eigenvalue weighted by atomic mass is 16.5. The second kappa shape index (κ2) is 139. The van der Waals surface area contributed by atoms with Gasteiger partial charge in [-0.25, -0.2) is 0 Å². The Labute approximate surface area is 278 Å². The minimum absolute atomic E-state index is 0.994. The number of ether oxygens (including phenoxy) is 1. The molecule has 0 heterocycles. The zero-order valence-electron chi connectivity index (χ0n) is 30.7. The average molecular weight is 607 g/mol. The molecule has 0 bridgehead atoms. The van der Waals surface area contributed by atoms with Crippen LogP contribution in [-0.2, 0) is 4.74 Å². The molecule has 0 aromatic heterocycles. The molecular weight excluding hydrogens is 520 g/mol. The van der Waals surface area contributed by atoms with Crippen molar-refractivity contribution in [1.29, 1.82) is 0 Å². The Morgan fingerprint density at radius 2 is 0.372 bits per heavy atom. The zero-order valence-corrected chi connectivity index (χ0v) is 30.7. The topological polar surface area (TPSA) is 9.23 Å². The van der Waals surface area contributed by atoms with Gasteiger partial charge in [-0.2, -0.15) is 0 Å². The lowest BCUT2D eigenvalue weighted by atomic mass is 10.1. The first-order chi connectivity index (χ1) is 21.4. The van der Waals surface area contributed by atoms with E-state index in [2.05, 4.69) is 132 Å². The molecule has 0 N–H and O–H groups in total. The highest BCUT2D eigenvalue weighted by Gasteiger charge is 1.95. The molecular formula is C42H86O. The summed E-state index contributed by atoms with van der Waals surface area (Å²) in [6, 6.07) is 0. The fraction of sp³-hybridized carbons (Fsp3) is 0.571. The normalized spacial score (nSPS) is 7.40. The van der Waals surface area contributed by atoms with Crippen LogP contribution in [0.25, 0.3) is 0 Å². The van der Waals surface area contributed by atoms with Crippen LogP contribution in [0.5, 0.6) is 0 Å². The van der Waals surface area contributed by atoms with Crippen LogP contribution in [0.2, 0.25) is 0 Å². The van der Waals surface area contributed by atoms with Crippen molar-refractivity contribution < 1.29 is 4.74 Å². The van der Waals surface area contributed by atoms with Crippen molar-refractivity contribution in [2.45, 2.75) is 142 Å². The first-order valence-electron chi connectivity index (χ1n) is 16.5. The van der Waals surface area contributed by atoms with Gasteiger partial charge in [-0.1, -0.05) is 129 Å². The second-order valence-electron chi connectivity index (χ2n) is 7.98. The van der Waals surface area contributed by atoms with Gasteiger partial charge in [-0.05, 0) is 12.8 Å². The standard InChI is InChI=1S/C24H50O.9C2H4/c1-3-5-7-9-11-13-15-17-19-21-23-25-24-22-20-18-16-14-12-10-8-6-4-2;9*1-2/h3-24H2,1-2H3;9*1-2H2. The maximum Gasteiger partial charge on any atom is 0.0466 e. The summed E-state index contributed by atoms with van der Waals surface area (Å²) in [5.41, 5.74) is 0. The van der Waals surface area contributed by atoms with Gasteiger partial charge in [-0.3, -0.25) is 0 Å². The van der Waals surface area contributed by atoms with E-state index in [-0.39, 0.29) is 0 Å². The van der Waals surface area contributed by atoms with Crippen LogP contribution < -0.4 is 0 Å². The number of rotatable bonds is 22. The van der Waals surface area contributed by atoms with Crippen LogP contribution in [0, 0.1) is 0 Å². The lowest BCUT2D eigenvalue weighted by Gasteiger charge is -2.05. The highest BCUT2D eigenvalue weighted by Crippen LogP contribution is 2.12. The van der Waals surface area contributed by atoms with Crippen LogP contribution in [0.3, 0.4) is 0 Å². The molecule has 260 valence electrons. The SMILES string of the molecule is C=C.C=C.C=C.C=C.C=C.C=C.C=C.C=C.C=C.CCCCCCCCCCCCOCCCCCCCCCCCC. The molecule has 0 aliphatic rings. The zero-order chi connectivity index (χ0) is 36.3. The van der Waals surface area contributed by atoms with Crippen molar-refractivity contribution in [2.24, 2.45) is 0 Å². The predicted molar refractivity (Wildman–Crippen MR) is 216 cm³/mol. The van der Waals surface area contributed by atoms with Crippen LogP contribution in [0.15, 0.2) is 118 Å². The summed E-state index contributed by atoms with van der Waals surface area (Å²) in [7, 11) is 0. The first kappa shape index (κ1) is 68.0. The van der Waals surface area contributed by atoms with Gasteiger partial charge in [0.05, 0.1) is 0 Å². The summed E-state index contributed by atoms with van der Waals surface area (Å²) in [4.78, 5) is 0. The lowest BCUT2D eigenvalue weighted by Crippen LogP contribution is -1.97. The summed E-state index contributed by atoms with van der Waals surface area (Å²) < 4.78 is 5.78. The molecule has 43 heavy (non-hydrogen) atoms. The molecule has 0 aliphatic heterocycles. The van der Waals surface area contributed by atoms with Gasteiger partial charge in [0.2, 0.25) is 0 Å². The fourth-order valence-electron chi connectivity index (χ4n) is 3.49. The Balaban J connectivity index is -0.0000000641. The maximum absolute atomic E-state index is 5.78. The largest absolute Gasteiger partial charge is 0.381 e. The van der Waals surface area contributed by atoms with Gasteiger partial charge in [0.25, 0.3) is 0 Å². The molecule has 0 aliphatic carbocycles. The molecule has 0 saturated heterocycles. The Morgan fingerprint density at radius 1 is 0.233 bits per heavy atom. The van der Waals surface area contributed by atoms with Crippen molar-refractivity contribution in [3.8, 4) is 0 Å². The third-order valence-electron chi connectivity index (χ3n) is 5.28. The molecule has 1 heteroatoms. The van der Waals surface area contributed by atoms with E-state index in [1.807, 2.05) is 0 Å². The lowest BCUT2D eigenvalue weighted by molar-refractivity contribution is 0.125. The van der Waals surface area contributed by atoms with Crippen LogP contribution in [0.1, 0.15) is 142 Å². The second-order valence-corrected chi connectivity index (χ2v) is 7.98. The van der Waals surface area contributed by atoms with Gasteiger partial charge in [0.1, 0.15) is 0 Å². The van der Waals surface area contributed by atoms with E-state index in [0.717, 1.165) is 13.2 Å². The quantitative estimate of drug-likeness (QED) is 0.0879. The van der Waals surface area contributed by atoms with Crippen molar-refractivity contribution in [1.82, 2.24) is 0 Å². The van der Waals surface area contributed by atoms with Gasteiger partial charge in [0, 0.05) is 13.2 Å². The van der Waals surface area contributed by atoms with Gasteiger partial charge in [-0.15, -0.1) is 118 Å². The Hall–Kier alpha value is -2.38. The van der Waals surface area contributed by atoms with E-state index < -0.39 is 0 Å². The monoisotopic (exact) mass is 607 g/mol. The number of unbranched alkanes of at least 4 members (excludes halogenated alkanes) is 18. The third-order valence-corrected chi connectivity index (χ3v) is 5.28. The molecule has 0 saturated carbocycles. The van der Waals surface area contributed by atoms with Crippen LogP contribution in [-0.4, -0.2) is 13.2 Å². The van der Waals surface area contributed by atoms with Crippen LogP contribution >= 0.6 is 0 Å². The molecule has 0 fully saturated rings. The summed E-state index contributed by atoms with van der Waals surface area (Å²) >= 11 is 0. The summed E-state index contributed by atoms with van der Waals surface area (Å²) in [5, 5.41) is 0. The Kier molecular flexibility index (Phi) is 220. The average Bonchev–Trinajstić information content (AvgIpc) is 3.13. The van der Waals surface area contributed by atoms with Gasteiger partial charge < -0.3 is 4.74 Å².